The minimum atomic E-state index is -0.252. The van der Waals surface area contributed by atoms with Crippen molar-refractivity contribution >= 4 is 17.4 Å². The Bertz CT molecular complexity index is 537. The van der Waals surface area contributed by atoms with Crippen LogP contribution in [-0.4, -0.2) is 22.7 Å². The lowest BCUT2D eigenvalue weighted by Gasteiger charge is -2.25. The van der Waals surface area contributed by atoms with Gasteiger partial charge in [0.15, 0.2) is 5.78 Å². The maximum Gasteiger partial charge on any atom is 0.182 e. The van der Waals surface area contributed by atoms with E-state index in [1.807, 2.05) is 53.6 Å². The molecule has 20 heavy (non-hydrogen) atoms. The first kappa shape index (κ1) is 14.9. The van der Waals surface area contributed by atoms with Gasteiger partial charge in [-0.2, -0.15) is 0 Å². The molecule has 1 aromatic rings. The Morgan fingerprint density at radius 3 is 2.40 bits per heavy atom. The van der Waals surface area contributed by atoms with Gasteiger partial charge in [0.2, 0.25) is 0 Å². The summed E-state index contributed by atoms with van der Waals surface area (Å²) < 4.78 is 0. The van der Waals surface area contributed by atoms with E-state index in [0.717, 1.165) is 5.56 Å². The van der Waals surface area contributed by atoms with Gasteiger partial charge in [-0.15, -0.1) is 0 Å². The van der Waals surface area contributed by atoms with Crippen molar-refractivity contribution in [2.45, 2.75) is 31.7 Å². The fourth-order valence-electron chi connectivity index (χ4n) is 2.06. The zero-order chi connectivity index (χ0) is 14.8. The molecule has 0 N–H and O–H groups in total. The van der Waals surface area contributed by atoms with Gasteiger partial charge in [0.05, 0.1) is 6.54 Å². The largest absolute Gasteiger partial charge is 0.350 e. The van der Waals surface area contributed by atoms with Crippen LogP contribution in [0.25, 0.3) is 0 Å². The lowest BCUT2D eigenvalue weighted by Crippen LogP contribution is -2.31. The van der Waals surface area contributed by atoms with E-state index in [0.29, 0.717) is 6.54 Å². The summed E-state index contributed by atoms with van der Waals surface area (Å²) in [6.45, 7) is 6.77. The van der Waals surface area contributed by atoms with Crippen LogP contribution in [0.1, 0.15) is 36.7 Å². The first-order valence-electron chi connectivity index (χ1n) is 6.76. The van der Waals surface area contributed by atoms with E-state index in [-0.39, 0.29) is 16.7 Å². The molecule has 1 heterocycles. The normalized spacial score (nSPS) is 18.4. The van der Waals surface area contributed by atoms with E-state index in [4.69, 9.17) is 11.6 Å². The second-order valence-electron chi connectivity index (χ2n) is 6.02. The molecule has 1 aliphatic heterocycles. The second kappa shape index (κ2) is 5.84. The zero-order valence-corrected chi connectivity index (χ0v) is 12.9. The molecule has 2 nitrogen and oxygen atoms in total. The Kier molecular flexibility index (Phi) is 4.34. The molecule has 1 aromatic carbocycles. The molecule has 0 saturated carbocycles. The molecule has 0 bridgehead atoms. The molecule has 3 heteroatoms. The molecule has 2 rings (SSSR count). The number of allylic oxidation sites excluding steroid dienone is 2. The summed E-state index contributed by atoms with van der Waals surface area (Å²) in [5.41, 5.74) is 1.80. The molecule has 1 atom stereocenters. The third kappa shape index (κ3) is 3.51. The van der Waals surface area contributed by atoms with Crippen molar-refractivity contribution in [3.8, 4) is 0 Å². The van der Waals surface area contributed by atoms with Crippen molar-refractivity contribution < 1.29 is 4.79 Å². The summed E-state index contributed by atoms with van der Waals surface area (Å²) >= 11 is 6.13. The number of hydrogen-bond donors (Lipinski definition) is 0. The third-order valence-corrected chi connectivity index (χ3v) is 3.77. The number of nitrogens with zero attached hydrogens (tertiary/aromatic N) is 1. The van der Waals surface area contributed by atoms with E-state index in [9.17, 15) is 4.79 Å². The molecule has 1 aliphatic rings. The standard InChI is InChI=1S/C17H20ClNO/c1-17(2,3)14-9-7-13(8-10-14)15(20)12-19-11-5-4-6-16(19)18/h4-11,16H,12H2,1-3H3. The predicted molar refractivity (Wildman–Crippen MR) is 84.1 cm³/mol. The summed E-state index contributed by atoms with van der Waals surface area (Å²) in [5, 5.41) is 0. The molecule has 1 unspecified atom stereocenters. The van der Waals surface area contributed by atoms with Crippen LogP contribution in [-0.2, 0) is 5.41 Å². The van der Waals surface area contributed by atoms with Crippen LogP contribution in [0, 0.1) is 0 Å². The van der Waals surface area contributed by atoms with Gasteiger partial charge in [-0.3, -0.25) is 4.79 Å². The van der Waals surface area contributed by atoms with Crippen LogP contribution in [0.15, 0.2) is 48.7 Å². The number of alkyl halides is 1. The number of rotatable bonds is 3. The van der Waals surface area contributed by atoms with Crippen molar-refractivity contribution in [2.75, 3.05) is 6.54 Å². The summed E-state index contributed by atoms with van der Waals surface area (Å²) in [5.74, 6) is 0.0797. The number of benzene rings is 1. The van der Waals surface area contributed by atoms with Crippen molar-refractivity contribution in [1.29, 1.82) is 0 Å². The molecular formula is C17H20ClNO. The summed E-state index contributed by atoms with van der Waals surface area (Å²) in [6, 6.07) is 7.85. The van der Waals surface area contributed by atoms with Gasteiger partial charge in [-0.1, -0.05) is 62.7 Å². The zero-order valence-electron chi connectivity index (χ0n) is 12.1. The highest BCUT2D eigenvalue weighted by Crippen LogP contribution is 2.22. The van der Waals surface area contributed by atoms with Crippen molar-refractivity contribution in [3.63, 3.8) is 0 Å². The second-order valence-corrected chi connectivity index (χ2v) is 6.47. The van der Waals surface area contributed by atoms with Crippen molar-refractivity contribution in [3.05, 3.63) is 59.8 Å². The molecule has 0 radical (unpaired) electrons. The van der Waals surface area contributed by atoms with Crippen LogP contribution >= 0.6 is 11.6 Å². The summed E-state index contributed by atoms with van der Waals surface area (Å²) in [7, 11) is 0. The Balaban J connectivity index is 2.06. The highest BCUT2D eigenvalue weighted by atomic mass is 35.5. The first-order valence-corrected chi connectivity index (χ1v) is 7.20. The minimum absolute atomic E-state index is 0.0797. The number of halogens is 1. The predicted octanol–water partition coefficient (Wildman–Crippen LogP) is 4.12. The van der Waals surface area contributed by atoms with Gasteiger partial charge < -0.3 is 4.90 Å². The van der Waals surface area contributed by atoms with Crippen LogP contribution in [0.3, 0.4) is 0 Å². The number of Topliss-reactive ketones (excluding diaryl/α,β-unsaturated/α-hetero) is 1. The van der Waals surface area contributed by atoms with Crippen LogP contribution in [0.4, 0.5) is 0 Å². The van der Waals surface area contributed by atoms with Gasteiger partial charge >= 0.3 is 0 Å². The Hall–Kier alpha value is -1.54. The van der Waals surface area contributed by atoms with Gasteiger partial charge in [-0.05, 0) is 23.1 Å². The Morgan fingerprint density at radius 1 is 1.20 bits per heavy atom. The maximum atomic E-state index is 12.3. The molecule has 0 amide bonds. The fraction of sp³-hybridized carbons (Fsp3) is 0.353. The van der Waals surface area contributed by atoms with Crippen LogP contribution < -0.4 is 0 Å². The van der Waals surface area contributed by atoms with Crippen LogP contribution in [0.5, 0.6) is 0 Å². The van der Waals surface area contributed by atoms with E-state index < -0.39 is 0 Å². The van der Waals surface area contributed by atoms with E-state index in [1.54, 1.807) is 0 Å². The Labute approximate surface area is 125 Å². The topological polar surface area (TPSA) is 20.3 Å². The van der Waals surface area contributed by atoms with Gasteiger partial charge in [0.25, 0.3) is 0 Å². The summed E-state index contributed by atoms with van der Waals surface area (Å²) in [4.78, 5) is 14.1. The van der Waals surface area contributed by atoms with Gasteiger partial charge in [0, 0.05) is 11.8 Å². The molecule has 0 fully saturated rings. The molecule has 106 valence electrons. The molecule has 0 aromatic heterocycles. The molecule has 0 saturated heterocycles. The molecule has 0 spiro atoms. The SMILES string of the molecule is CC(C)(C)c1ccc(C(=O)CN2C=CC=CC2Cl)cc1. The van der Waals surface area contributed by atoms with E-state index in [2.05, 4.69) is 20.8 Å². The quantitative estimate of drug-likeness (QED) is 0.474. The lowest BCUT2D eigenvalue weighted by molar-refractivity contribution is 0.0955. The average Bonchev–Trinajstić information content (AvgIpc) is 2.40. The maximum absolute atomic E-state index is 12.3. The average molecular weight is 290 g/mol. The fourth-order valence-corrected chi connectivity index (χ4v) is 2.28. The van der Waals surface area contributed by atoms with Gasteiger partial charge in [-0.25, -0.2) is 0 Å². The highest BCUT2D eigenvalue weighted by molar-refractivity contribution is 6.21. The summed E-state index contributed by atoms with van der Waals surface area (Å²) in [6.07, 6.45) is 7.47. The smallest absolute Gasteiger partial charge is 0.182 e. The lowest BCUT2D eigenvalue weighted by atomic mass is 9.86. The van der Waals surface area contributed by atoms with Gasteiger partial charge in [0.1, 0.15) is 5.50 Å². The first-order chi connectivity index (χ1) is 9.38. The number of carbonyl (C=O) groups is 1. The molecular weight excluding hydrogens is 270 g/mol. The highest BCUT2D eigenvalue weighted by Gasteiger charge is 2.17. The third-order valence-electron chi connectivity index (χ3n) is 3.37. The monoisotopic (exact) mass is 289 g/mol. The van der Waals surface area contributed by atoms with Crippen molar-refractivity contribution in [1.82, 2.24) is 4.90 Å². The minimum Gasteiger partial charge on any atom is -0.350 e. The van der Waals surface area contributed by atoms with E-state index >= 15 is 0 Å². The molecule has 0 aliphatic carbocycles. The number of hydrogen-bond acceptors (Lipinski definition) is 2. The number of ketones is 1. The Morgan fingerprint density at radius 2 is 1.85 bits per heavy atom. The van der Waals surface area contributed by atoms with Crippen LogP contribution in [0.2, 0.25) is 0 Å². The van der Waals surface area contributed by atoms with Crippen molar-refractivity contribution in [2.24, 2.45) is 0 Å². The van der Waals surface area contributed by atoms with E-state index in [1.165, 1.54) is 5.56 Å². The number of carbonyl (C=O) groups excluding carboxylic acids is 1.